The fourth-order valence-electron chi connectivity index (χ4n) is 5.53. The second kappa shape index (κ2) is 11.3. The van der Waals surface area contributed by atoms with Crippen molar-refractivity contribution in [3.63, 3.8) is 0 Å². The molecule has 3 atom stereocenters. The van der Waals surface area contributed by atoms with Crippen molar-refractivity contribution in [1.29, 1.82) is 0 Å². The van der Waals surface area contributed by atoms with Crippen LogP contribution in [0.15, 0.2) is 77.7 Å². The fraction of sp³-hybridized carbons (Fsp3) is 0.500. The van der Waals surface area contributed by atoms with Crippen LogP contribution in [0.1, 0.15) is 61.1 Å². The van der Waals surface area contributed by atoms with Gasteiger partial charge in [-0.25, -0.2) is 4.79 Å². The van der Waals surface area contributed by atoms with E-state index in [0.717, 1.165) is 0 Å². The Balaban J connectivity index is 1.79. The van der Waals surface area contributed by atoms with Crippen LogP contribution < -0.4 is 21.8 Å². The third kappa shape index (κ3) is 6.15. The van der Waals surface area contributed by atoms with Gasteiger partial charge in [-0.2, -0.15) is 4.98 Å². The van der Waals surface area contributed by atoms with Crippen LogP contribution in [-0.2, 0) is 13.6 Å². The summed E-state index contributed by atoms with van der Waals surface area (Å²) in [6, 6.07) is 22.8. The van der Waals surface area contributed by atoms with Gasteiger partial charge in [-0.05, 0) is 46.5 Å². The summed E-state index contributed by atoms with van der Waals surface area (Å²) in [6.07, 6.45) is 1.35. The maximum Gasteiger partial charge on any atom is 0.351 e. The first-order valence-electron chi connectivity index (χ1n) is 14.5. The van der Waals surface area contributed by atoms with Gasteiger partial charge in [0.2, 0.25) is 0 Å². The first kappa shape index (κ1) is 31.4. The van der Waals surface area contributed by atoms with E-state index >= 15 is 0 Å². The number of benzene rings is 2. The minimum absolute atomic E-state index is 0.00440. The monoisotopic (exact) mass is 593 g/mol. The summed E-state index contributed by atoms with van der Waals surface area (Å²) in [5.41, 5.74) is 4.54. The van der Waals surface area contributed by atoms with Gasteiger partial charge in [0.15, 0.2) is 8.32 Å². The maximum absolute atomic E-state index is 12.8. The third-order valence-corrected chi connectivity index (χ3v) is 18.4. The van der Waals surface area contributed by atoms with Crippen LogP contribution in [0, 0.1) is 0 Å². The highest BCUT2D eigenvalue weighted by atomic mass is 28.4. The van der Waals surface area contributed by atoms with Crippen LogP contribution in [0.2, 0.25) is 23.2 Å². The lowest BCUT2D eigenvalue weighted by atomic mass is 10.0. The smallest absolute Gasteiger partial charge is 0.351 e. The molecule has 0 amide bonds. The van der Waals surface area contributed by atoms with Gasteiger partial charge in [-0.3, -0.25) is 4.57 Å². The number of nitrogen functional groups attached to an aromatic ring is 1. The first-order chi connectivity index (χ1) is 19.0. The summed E-state index contributed by atoms with van der Waals surface area (Å²) in [7, 11) is -5.03. The molecule has 3 aromatic rings. The molecule has 41 heavy (non-hydrogen) atoms. The van der Waals surface area contributed by atoms with E-state index in [4.69, 9.17) is 19.3 Å². The minimum Gasteiger partial charge on any atom is -0.411 e. The lowest BCUT2D eigenvalue weighted by molar-refractivity contribution is -0.110. The fourth-order valence-corrected chi connectivity index (χ4v) is 11.6. The molecule has 9 heteroatoms. The molecule has 0 saturated carbocycles. The van der Waals surface area contributed by atoms with Gasteiger partial charge in [0.25, 0.3) is 8.32 Å². The molecule has 2 aromatic carbocycles. The SMILES string of the molecule is CC(C)(C)[Si](C)(C)O[C@H]1C[C@H](n2ccc(N)nc2=O)O[C@]1(C)CO[Si](c1ccccc1)(c1ccccc1)C(C)(C)C. The zero-order chi connectivity index (χ0) is 30.3. The summed E-state index contributed by atoms with van der Waals surface area (Å²) in [4.78, 5) is 16.8. The van der Waals surface area contributed by atoms with Crippen LogP contribution in [0.25, 0.3) is 0 Å². The Labute approximate surface area is 247 Å². The van der Waals surface area contributed by atoms with E-state index in [1.807, 2.05) is 12.1 Å². The highest BCUT2D eigenvalue weighted by Gasteiger charge is 2.55. The van der Waals surface area contributed by atoms with E-state index in [1.54, 1.807) is 12.3 Å². The average molecular weight is 594 g/mol. The maximum atomic E-state index is 12.8. The largest absolute Gasteiger partial charge is 0.411 e. The van der Waals surface area contributed by atoms with Gasteiger partial charge in [0.05, 0.1) is 12.7 Å². The van der Waals surface area contributed by atoms with Gasteiger partial charge in [-0.1, -0.05) is 102 Å². The van der Waals surface area contributed by atoms with Crippen LogP contribution >= 0.6 is 0 Å². The van der Waals surface area contributed by atoms with Crippen molar-refractivity contribution in [3.05, 3.63) is 83.4 Å². The van der Waals surface area contributed by atoms with Gasteiger partial charge in [0, 0.05) is 12.6 Å². The molecular formula is C32H47N3O4Si2. The highest BCUT2D eigenvalue weighted by Crippen LogP contribution is 2.46. The van der Waals surface area contributed by atoms with Crippen LogP contribution in [0.5, 0.6) is 0 Å². The van der Waals surface area contributed by atoms with Gasteiger partial charge in [0.1, 0.15) is 17.6 Å². The quantitative estimate of drug-likeness (QED) is 0.349. The van der Waals surface area contributed by atoms with Gasteiger partial charge in [-0.15, -0.1) is 0 Å². The molecule has 2 N–H and O–H groups in total. The normalized spacial score (nSPS) is 22.2. The van der Waals surface area contributed by atoms with E-state index in [1.165, 1.54) is 14.9 Å². The molecule has 222 valence electrons. The van der Waals surface area contributed by atoms with E-state index in [2.05, 4.69) is 115 Å². The second-order valence-corrected chi connectivity index (χ2v) is 23.0. The molecule has 0 spiro atoms. The number of nitrogens with two attached hydrogens (primary N) is 1. The molecule has 1 aromatic heterocycles. The standard InChI is InChI=1S/C32H47N3O4Si2/c1-30(2,3)40(8,9)39-26-22-28(35-21-20-27(33)34-29(35)36)38-32(26,7)23-37-41(31(4,5)6,24-16-12-10-13-17-24)25-18-14-11-15-19-25/h10-21,26,28H,22-23H2,1-9H3,(H2,33,34,36)/t26-,28+,32+/m0/s1. The molecule has 0 unspecified atom stereocenters. The summed E-state index contributed by atoms with van der Waals surface area (Å²) in [6.45, 7) is 20.4. The molecule has 0 aliphatic carbocycles. The van der Waals surface area contributed by atoms with Crippen molar-refractivity contribution >= 4 is 32.8 Å². The lowest BCUT2D eigenvalue weighted by Gasteiger charge is -2.46. The van der Waals surface area contributed by atoms with Gasteiger partial charge < -0.3 is 19.3 Å². The average Bonchev–Trinajstić information content (AvgIpc) is 3.19. The summed E-state index contributed by atoms with van der Waals surface area (Å²) in [5.74, 6) is 0.191. The molecule has 2 heterocycles. The third-order valence-electron chi connectivity index (χ3n) is 8.90. The number of ether oxygens (including phenoxy) is 1. The van der Waals surface area contributed by atoms with Crippen molar-refractivity contribution in [3.8, 4) is 0 Å². The molecule has 7 nitrogen and oxygen atoms in total. The summed E-state index contributed by atoms with van der Waals surface area (Å²) >= 11 is 0. The number of hydrogen-bond acceptors (Lipinski definition) is 6. The number of rotatable bonds is 8. The second-order valence-electron chi connectivity index (χ2n) is 14.0. The number of anilines is 1. The highest BCUT2D eigenvalue weighted by molar-refractivity contribution is 6.99. The topological polar surface area (TPSA) is 88.6 Å². The zero-order valence-electron chi connectivity index (χ0n) is 26.1. The Morgan fingerprint density at radius 2 is 1.49 bits per heavy atom. The predicted molar refractivity (Wildman–Crippen MR) is 172 cm³/mol. The van der Waals surface area contributed by atoms with Crippen molar-refractivity contribution in [1.82, 2.24) is 9.55 Å². The molecule has 1 aliphatic rings. The summed E-state index contributed by atoms with van der Waals surface area (Å²) in [5, 5.41) is 2.23. The molecular weight excluding hydrogens is 547 g/mol. The number of nitrogens with zero attached hydrogens (tertiary/aromatic N) is 2. The molecule has 0 bridgehead atoms. The van der Waals surface area contributed by atoms with Crippen molar-refractivity contribution in [2.24, 2.45) is 0 Å². The van der Waals surface area contributed by atoms with Crippen LogP contribution in [0.3, 0.4) is 0 Å². The van der Waals surface area contributed by atoms with E-state index < -0.39 is 34.2 Å². The van der Waals surface area contributed by atoms with Gasteiger partial charge >= 0.3 is 5.69 Å². The van der Waals surface area contributed by atoms with E-state index in [0.29, 0.717) is 13.0 Å². The Kier molecular flexibility index (Phi) is 8.61. The lowest BCUT2D eigenvalue weighted by Crippen LogP contribution is -2.68. The van der Waals surface area contributed by atoms with Crippen molar-refractivity contribution in [2.45, 2.75) is 96.0 Å². The Morgan fingerprint density at radius 3 is 1.95 bits per heavy atom. The molecule has 0 radical (unpaired) electrons. The minimum atomic E-state index is -2.83. The number of hydrogen-bond donors (Lipinski definition) is 1. The van der Waals surface area contributed by atoms with E-state index in [-0.39, 0.29) is 22.0 Å². The van der Waals surface area contributed by atoms with E-state index in [9.17, 15) is 4.79 Å². The van der Waals surface area contributed by atoms with Crippen LogP contribution in [0.4, 0.5) is 5.82 Å². The Morgan fingerprint density at radius 1 is 0.951 bits per heavy atom. The molecule has 1 fully saturated rings. The zero-order valence-corrected chi connectivity index (χ0v) is 28.1. The summed E-state index contributed by atoms with van der Waals surface area (Å²) < 4.78 is 22.7. The van der Waals surface area contributed by atoms with Crippen LogP contribution in [-0.4, -0.2) is 44.5 Å². The first-order valence-corrected chi connectivity index (χ1v) is 19.3. The molecule has 1 aliphatic heterocycles. The predicted octanol–water partition coefficient (Wildman–Crippen LogP) is 5.47. The number of aromatic nitrogens is 2. The Bertz CT molecular complexity index is 1340. The molecule has 4 rings (SSSR count). The Hall–Kier alpha value is -2.57. The van der Waals surface area contributed by atoms with Crippen molar-refractivity contribution < 1.29 is 13.6 Å². The molecule has 1 saturated heterocycles. The van der Waals surface area contributed by atoms with Crippen molar-refractivity contribution in [2.75, 3.05) is 12.3 Å².